The molecule has 0 spiro atoms. The van der Waals surface area contributed by atoms with Crippen LogP contribution in [0.15, 0.2) is 18.2 Å². The molecule has 1 atom stereocenters. The lowest BCUT2D eigenvalue weighted by Crippen LogP contribution is -2.06. The van der Waals surface area contributed by atoms with Crippen molar-refractivity contribution in [2.75, 3.05) is 12.0 Å². The van der Waals surface area contributed by atoms with Gasteiger partial charge >= 0.3 is 0 Å². The van der Waals surface area contributed by atoms with Crippen LogP contribution in [0.5, 0.6) is 0 Å². The van der Waals surface area contributed by atoms with Crippen LogP contribution in [-0.2, 0) is 9.84 Å². The third kappa shape index (κ3) is 4.83. The maximum atomic E-state index is 13.0. The maximum absolute atomic E-state index is 13.0. The molecule has 0 amide bonds. The topological polar surface area (TPSA) is 54.4 Å². The largest absolute Gasteiger partial charge is 0.388 e. The number of sulfone groups is 1. The molecule has 96 valence electrons. The molecule has 1 unspecified atom stereocenters. The van der Waals surface area contributed by atoms with Crippen molar-refractivity contribution in [1.82, 2.24) is 0 Å². The van der Waals surface area contributed by atoms with E-state index < -0.39 is 15.9 Å². The minimum absolute atomic E-state index is 0.0598. The first-order valence-corrected chi connectivity index (χ1v) is 7.47. The minimum Gasteiger partial charge on any atom is -0.388 e. The van der Waals surface area contributed by atoms with Crippen molar-refractivity contribution in [3.63, 3.8) is 0 Å². The van der Waals surface area contributed by atoms with Gasteiger partial charge < -0.3 is 5.11 Å². The molecule has 0 saturated carbocycles. The molecule has 0 aliphatic carbocycles. The molecular formula is C12H17FO3S. The molecule has 0 heterocycles. The fraction of sp³-hybridized carbons (Fsp3) is 0.500. The number of aliphatic hydroxyl groups is 1. The molecule has 1 N–H and O–H groups in total. The van der Waals surface area contributed by atoms with Crippen molar-refractivity contribution >= 4 is 9.84 Å². The normalized spacial score (nSPS) is 13.6. The van der Waals surface area contributed by atoms with E-state index >= 15 is 0 Å². The summed E-state index contributed by atoms with van der Waals surface area (Å²) < 4.78 is 34.8. The van der Waals surface area contributed by atoms with Crippen LogP contribution in [0.1, 0.15) is 30.1 Å². The first-order chi connectivity index (χ1) is 7.79. The molecule has 0 saturated heterocycles. The summed E-state index contributed by atoms with van der Waals surface area (Å²) in [6.07, 6.45) is 1.19. The van der Waals surface area contributed by atoms with Crippen molar-refractivity contribution < 1.29 is 17.9 Å². The first kappa shape index (κ1) is 14.1. The van der Waals surface area contributed by atoms with Gasteiger partial charge in [-0.1, -0.05) is 12.1 Å². The number of halogens is 1. The van der Waals surface area contributed by atoms with Gasteiger partial charge in [0.25, 0.3) is 0 Å². The summed E-state index contributed by atoms with van der Waals surface area (Å²) in [5.74, 6) is -0.248. The summed E-state index contributed by atoms with van der Waals surface area (Å²) in [7, 11) is -2.99. The Morgan fingerprint density at radius 3 is 2.59 bits per heavy atom. The molecule has 0 radical (unpaired) electrons. The molecular weight excluding hydrogens is 243 g/mol. The van der Waals surface area contributed by atoms with Gasteiger partial charge in [0, 0.05) is 12.0 Å². The van der Waals surface area contributed by atoms with Gasteiger partial charge in [-0.3, -0.25) is 0 Å². The Kier molecular flexibility index (Phi) is 4.65. The monoisotopic (exact) mass is 260 g/mol. The van der Waals surface area contributed by atoms with E-state index in [1.807, 2.05) is 0 Å². The molecule has 17 heavy (non-hydrogen) atoms. The predicted molar refractivity (Wildman–Crippen MR) is 65.0 cm³/mol. The molecule has 1 rings (SSSR count). The Bertz CT molecular complexity index is 483. The summed E-state index contributed by atoms with van der Waals surface area (Å²) in [5.41, 5.74) is 1.10. The van der Waals surface area contributed by atoms with Gasteiger partial charge in [-0.05, 0) is 37.0 Å². The number of hydrogen-bond acceptors (Lipinski definition) is 3. The molecule has 0 aliphatic heterocycles. The van der Waals surface area contributed by atoms with Crippen LogP contribution < -0.4 is 0 Å². The zero-order chi connectivity index (χ0) is 13.1. The Morgan fingerprint density at radius 1 is 1.41 bits per heavy atom. The number of aryl methyl sites for hydroxylation is 1. The highest BCUT2D eigenvalue weighted by Crippen LogP contribution is 2.20. The van der Waals surface area contributed by atoms with Crippen molar-refractivity contribution in [2.24, 2.45) is 0 Å². The molecule has 0 aromatic heterocycles. The standard InChI is InChI=1S/C12H17FO3S/c1-9-8-10(5-6-11(9)13)12(14)4-3-7-17(2,15)16/h5-6,8,12,14H,3-4,7H2,1-2H3. The average molecular weight is 260 g/mol. The molecule has 0 fully saturated rings. The zero-order valence-corrected chi connectivity index (χ0v) is 10.8. The SMILES string of the molecule is Cc1cc(C(O)CCCS(C)(=O)=O)ccc1F. The van der Waals surface area contributed by atoms with Gasteiger partial charge in [0.05, 0.1) is 6.10 Å². The van der Waals surface area contributed by atoms with E-state index in [2.05, 4.69) is 0 Å². The van der Waals surface area contributed by atoms with E-state index in [9.17, 15) is 17.9 Å². The van der Waals surface area contributed by atoms with E-state index in [1.54, 1.807) is 13.0 Å². The fourth-order valence-electron chi connectivity index (χ4n) is 1.58. The van der Waals surface area contributed by atoms with E-state index in [1.165, 1.54) is 18.4 Å². The van der Waals surface area contributed by atoms with Gasteiger partial charge in [0.15, 0.2) is 0 Å². The van der Waals surface area contributed by atoms with Gasteiger partial charge in [0.1, 0.15) is 15.7 Å². The number of benzene rings is 1. The smallest absolute Gasteiger partial charge is 0.147 e. The number of aliphatic hydroxyl groups excluding tert-OH is 1. The van der Waals surface area contributed by atoms with Gasteiger partial charge in [-0.15, -0.1) is 0 Å². The summed E-state index contributed by atoms with van der Waals surface area (Å²) in [6.45, 7) is 1.63. The number of hydrogen-bond donors (Lipinski definition) is 1. The van der Waals surface area contributed by atoms with E-state index in [0.717, 1.165) is 0 Å². The Morgan fingerprint density at radius 2 is 2.06 bits per heavy atom. The van der Waals surface area contributed by atoms with Crippen LogP contribution in [0, 0.1) is 12.7 Å². The highest BCUT2D eigenvalue weighted by atomic mass is 32.2. The van der Waals surface area contributed by atoms with E-state index in [4.69, 9.17) is 0 Å². The van der Waals surface area contributed by atoms with Crippen molar-refractivity contribution in [3.8, 4) is 0 Å². The number of rotatable bonds is 5. The Labute approximate surface area is 101 Å². The third-order valence-electron chi connectivity index (χ3n) is 2.56. The van der Waals surface area contributed by atoms with Gasteiger partial charge in [0.2, 0.25) is 0 Å². The lowest BCUT2D eigenvalue weighted by molar-refractivity contribution is 0.166. The van der Waals surface area contributed by atoms with Crippen molar-refractivity contribution in [1.29, 1.82) is 0 Å². The maximum Gasteiger partial charge on any atom is 0.147 e. The van der Waals surface area contributed by atoms with Crippen LogP contribution in [0.2, 0.25) is 0 Å². The first-order valence-electron chi connectivity index (χ1n) is 5.41. The highest BCUT2D eigenvalue weighted by molar-refractivity contribution is 7.90. The van der Waals surface area contributed by atoms with Crippen LogP contribution in [0.25, 0.3) is 0 Å². The van der Waals surface area contributed by atoms with Crippen molar-refractivity contribution in [3.05, 3.63) is 35.1 Å². The van der Waals surface area contributed by atoms with Crippen LogP contribution in [-0.4, -0.2) is 25.5 Å². The summed E-state index contributed by atoms with van der Waals surface area (Å²) >= 11 is 0. The van der Waals surface area contributed by atoms with Gasteiger partial charge in [-0.25, -0.2) is 12.8 Å². The molecule has 0 bridgehead atoms. The van der Waals surface area contributed by atoms with Crippen LogP contribution in [0.3, 0.4) is 0 Å². The Balaban J connectivity index is 2.58. The Hall–Kier alpha value is -0.940. The second kappa shape index (κ2) is 5.60. The summed E-state index contributed by atoms with van der Waals surface area (Å²) in [6, 6.07) is 4.42. The second-order valence-corrected chi connectivity index (χ2v) is 6.56. The highest BCUT2D eigenvalue weighted by Gasteiger charge is 2.10. The molecule has 1 aromatic carbocycles. The minimum atomic E-state index is -2.99. The van der Waals surface area contributed by atoms with Crippen molar-refractivity contribution in [2.45, 2.75) is 25.9 Å². The lowest BCUT2D eigenvalue weighted by atomic mass is 10.0. The summed E-state index contributed by atoms with van der Waals surface area (Å²) in [5, 5.41) is 9.82. The summed E-state index contributed by atoms with van der Waals surface area (Å²) in [4.78, 5) is 0. The van der Waals surface area contributed by atoms with Crippen LogP contribution >= 0.6 is 0 Å². The second-order valence-electron chi connectivity index (χ2n) is 4.30. The fourth-order valence-corrected chi connectivity index (χ4v) is 2.27. The molecule has 1 aromatic rings. The third-order valence-corrected chi connectivity index (χ3v) is 3.59. The average Bonchev–Trinajstić information content (AvgIpc) is 2.20. The predicted octanol–water partition coefficient (Wildman–Crippen LogP) is 1.99. The quantitative estimate of drug-likeness (QED) is 0.881. The zero-order valence-electron chi connectivity index (χ0n) is 9.98. The molecule has 3 nitrogen and oxygen atoms in total. The molecule has 0 aliphatic rings. The van der Waals surface area contributed by atoms with Gasteiger partial charge in [-0.2, -0.15) is 0 Å². The van der Waals surface area contributed by atoms with E-state index in [0.29, 0.717) is 24.0 Å². The lowest BCUT2D eigenvalue weighted by Gasteiger charge is -2.11. The van der Waals surface area contributed by atoms with Crippen LogP contribution in [0.4, 0.5) is 4.39 Å². The van der Waals surface area contributed by atoms with E-state index in [-0.39, 0.29) is 11.6 Å². The molecule has 5 heteroatoms.